The summed E-state index contributed by atoms with van der Waals surface area (Å²) in [5.41, 5.74) is 9.16. The van der Waals surface area contributed by atoms with Crippen LogP contribution in [0, 0.1) is 12.8 Å². The Morgan fingerprint density at radius 2 is 2.17 bits per heavy atom. The van der Waals surface area contributed by atoms with Gasteiger partial charge in [0.1, 0.15) is 4.99 Å². The molecule has 98 valence electrons. The van der Waals surface area contributed by atoms with Crippen LogP contribution >= 0.6 is 12.2 Å². The zero-order valence-corrected chi connectivity index (χ0v) is 12.1. The highest BCUT2D eigenvalue weighted by Crippen LogP contribution is 2.29. The molecule has 1 aliphatic rings. The van der Waals surface area contributed by atoms with Gasteiger partial charge in [-0.3, -0.25) is 0 Å². The Balaban J connectivity index is 2.14. The molecule has 3 heteroatoms. The van der Waals surface area contributed by atoms with Gasteiger partial charge in [0.2, 0.25) is 0 Å². The summed E-state index contributed by atoms with van der Waals surface area (Å²) >= 11 is 5.05. The molecule has 0 heterocycles. The van der Waals surface area contributed by atoms with E-state index in [1.54, 1.807) is 0 Å². The van der Waals surface area contributed by atoms with Crippen molar-refractivity contribution in [2.75, 3.05) is 18.0 Å². The predicted molar refractivity (Wildman–Crippen MR) is 82.3 cm³/mol. The molecule has 2 rings (SSSR count). The van der Waals surface area contributed by atoms with Crippen LogP contribution in [0.1, 0.15) is 37.3 Å². The van der Waals surface area contributed by atoms with Crippen molar-refractivity contribution in [3.63, 3.8) is 0 Å². The van der Waals surface area contributed by atoms with Crippen molar-refractivity contribution in [3.05, 3.63) is 29.3 Å². The van der Waals surface area contributed by atoms with Crippen LogP contribution in [0.5, 0.6) is 0 Å². The second kappa shape index (κ2) is 5.70. The van der Waals surface area contributed by atoms with Gasteiger partial charge in [-0.2, -0.15) is 0 Å². The molecule has 0 amide bonds. The van der Waals surface area contributed by atoms with Crippen LogP contribution in [0.3, 0.4) is 0 Å². The molecule has 1 aliphatic carbocycles. The van der Waals surface area contributed by atoms with E-state index in [2.05, 4.69) is 36.9 Å². The predicted octanol–water partition coefficient (Wildman–Crippen LogP) is 3.26. The second-order valence-electron chi connectivity index (χ2n) is 5.20. The van der Waals surface area contributed by atoms with Crippen molar-refractivity contribution < 1.29 is 0 Å². The largest absolute Gasteiger partial charge is 0.389 e. The van der Waals surface area contributed by atoms with Gasteiger partial charge in [0, 0.05) is 24.3 Å². The van der Waals surface area contributed by atoms with Crippen LogP contribution in [0.15, 0.2) is 18.2 Å². The quantitative estimate of drug-likeness (QED) is 0.826. The van der Waals surface area contributed by atoms with Gasteiger partial charge in [-0.15, -0.1) is 0 Å². The van der Waals surface area contributed by atoms with E-state index in [0.717, 1.165) is 18.0 Å². The molecule has 1 aromatic carbocycles. The van der Waals surface area contributed by atoms with Crippen molar-refractivity contribution in [1.82, 2.24) is 0 Å². The molecule has 0 aliphatic heterocycles. The zero-order chi connectivity index (χ0) is 13.1. The third kappa shape index (κ3) is 2.83. The molecular formula is C15H22N2S. The topological polar surface area (TPSA) is 29.3 Å². The third-order valence-electron chi connectivity index (χ3n) is 3.93. The molecule has 1 fully saturated rings. The fraction of sp³-hybridized carbons (Fsp3) is 0.533. The number of nitrogens with zero attached hydrogens (tertiary/aromatic N) is 1. The highest BCUT2D eigenvalue weighted by Gasteiger charge is 2.20. The summed E-state index contributed by atoms with van der Waals surface area (Å²) in [6.45, 7) is 6.54. The third-order valence-corrected chi connectivity index (χ3v) is 4.15. The van der Waals surface area contributed by atoms with Gasteiger partial charge in [0.25, 0.3) is 0 Å². The van der Waals surface area contributed by atoms with Crippen LogP contribution in [-0.2, 0) is 0 Å². The first kappa shape index (κ1) is 13.3. The Hall–Kier alpha value is -1.09. The van der Waals surface area contributed by atoms with Crippen LogP contribution in [0.2, 0.25) is 0 Å². The van der Waals surface area contributed by atoms with Gasteiger partial charge in [-0.25, -0.2) is 0 Å². The maximum absolute atomic E-state index is 5.70. The number of thiocarbonyl (C=S) groups is 1. The van der Waals surface area contributed by atoms with Crippen LogP contribution in [-0.4, -0.2) is 18.1 Å². The fourth-order valence-electron chi connectivity index (χ4n) is 2.53. The first-order valence-electron chi connectivity index (χ1n) is 6.77. The van der Waals surface area contributed by atoms with Gasteiger partial charge in [-0.1, -0.05) is 18.6 Å². The molecule has 2 nitrogen and oxygen atoms in total. The van der Waals surface area contributed by atoms with Gasteiger partial charge in [-0.05, 0) is 56.4 Å². The average molecular weight is 262 g/mol. The Kier molecular flexibility index (Phi) is 4.23. The maximum Gasteiger partial charge on any atom is 0.104 e. The van der Waals surface area contributed by atoms with Crippen molar-refractivity contribution in [2.24, 2.45) is 11.7 Å². The molecule has 18 heavy (non-hydrogen) atoms. The Morgan fingerprint density at radius 1 is 1.44 bits per heavy atom. The lowest BCUT2D eigenvalue weighted by Crippen LogP contribution is -2.32. The Bertz CT molecular complexity index is 438. The summed E-state index contributed by atoms with van der Waals surface area (Å²) in [5.74, 6) is 0.889. The number of benzene rings is 1. The lowest BCUT2D eigenvalue weighted by molar-refractivity contribution is 0.318. The highest BCUT2D eigenvalue weighted by atomic mass is 32.1. The number of rotatable bonds is 5. The monoisotopic (exact) mass is 262 g/mol. The first-order chi connectivity index (χ1) is 8.61. The minimum Gasteiger partial charge on any atom is -0.389 e. The summed E-state index contributed by atoms with van der Waals surface area (Å²) in [6, 6.07) is 6.40. The van der Waals surface area contributed by atoms with Crippen molar-refractivity contribution >= 4 is 22.9 Å². The number of nitrogens with two attached hydrogens (primary N) is 1. The maximum atomic E-state index is 5.70. The van der Waals surface area contributed by atoms with Gasteiger partial charge in [0.15, 0.2) is 0 Å². The number of hydrogen-bond donors (Lipinski definition) is 1. The molecule has 1 aromatic rings. The second-order valence-corrected chi connectivity index (χ2v) is 5.64. The summed E-state index contributed by atoms with van der Waals surface area (Å²) in [7, 11) is 0. The van der Waals surface area contributed by atoms with Crippen LogP contribution in [0.25, 0.3) is 0 Å². The van der Waals surface area contributed by atoms with E-state index in [1.807, 2.05) is 0 Å². The molecular weight excluding hydrogens is 240 g/mol. The van der Waals surface area contributed by atoms with E-state index in [4.69, 9.17) is 18.0 Å². The molecule has 0 unspecified atom stereocenters. The fourth-order valence-corrected chi connectivity index (χ4v) is 2.75. The summed E-state index contributed by atoms with van der Waals surface area (Å²) in [4.78, 5) is 2.95. The van der Waals surface area contributed by atoms with Crippen molar-refractivity contribution in [1.29, 1.82) is 0 Å². The molecule has 0 bridgehead atoms. The highest BCUT2D eigenvalue weighted by molar-refractivity contribution is 7.80. The molecule has 0 aromatic heterocycles. The van der Waals surface area contributed by atoms with E-state index in [1.165, 1.54) is 37.1 Å². The lowest BCUT2D eigenvalue weighted by Gasteiger charge is -2.33. The summed E-state index contributed by atoms with van der Waals surface area (Å²) in [5, 5.41) is 0. The van der Waals surface area contributed by atoms with Crippen molar-refractivity contribution in [2.45, 2.75) is 33.1 Å². The lowest BCUT2D eigenvalue weighted by atomic mass is 9.85. The van der Waals surface area contributed by atoms with Crippen molar-refractivity contribution in [3.8, 4) is 0 Å². The standard InChI is InChI=1S/C15H22N2S/c1-3-17(10-12-5-4-6-12)13-7-8-14(15(16)18)11(2)9-13/h7-9,12H,3-6,10H2,1-2H3,(H2,16,18). The summed E-state index contributed by atoms with van der Waals surface area (Å²) < 4.78 is 0. The molecule has 1 saturated carbocycles. The van der Waals surface area contributed by atoms with Crippen LogP contribution in [0.4, 0.5) is 5.69 Å². The molecule has 0 saturated heterocycles. The minimum absolute atomic E-state index is 0.487. The van der Waals surface area contributed by atoms with E-state index in [9.17, 15) is 0 Å². The molecule has 0 radical (unpaired) electrons. The molecule has 0 spiro atoms. The van der Waals surface area contributed by atoms with Crippen LogP contribution < -0.4 is 10.6 Å². The minimum atomic E-state index is 0.487. The zero-order valence-electron chi connectivity index (χ0n) is 11.3. The average Bonchev–Trinajstić information content (AvgIpc) is 2.27. The SMILES string of the molecule is CCN(CC1CCC1)c1ccc(C(N)=S)c(C)c1. The summed E-state index contributed by atoms with van der Waals surface area (Å²) in [6.07, 6.45) is 4.18. The molecule has 2 N–H and O–H groups in total. The van der Waals surface area contributed by atoms with Gasteiger partial charge in [0.05, 0.1) is 0 Å². The Morgan fingerprint density at radius 3 is 2.61 bits per heavy atom. The van der Waals surface area contributed by atoms with E-state index >= 15 is 0 Å². The normalized spacial score (nSPS) is 15.2. The number of aryl methyl sites for hydroxylation is 1. The van der Waals surface area contributed by atoms with E-state index < -0.39 is 0 Å². The smallest absolute Gasteiger partial charge is 0.104 e. The first-order valence-corrected chi connectivity index (χ1v) is 7.18. The van der Waals surface area contributed by atoms with E-state index in [-0.39, 0.29) is 0 Å². The number of anilines is 1. The number of hydrogen-bond acceptors (Lipinski definition) is 2. The van der Waals surface area contributed by atoms with E-state index in [0.29, 0.717) is 4.99 Å². The van der Waals surface area contributed by atoms with Gasteiger partial charge >= 0.3 is 0 Å². The van der Waals surface area contributed by atoms with Gasteiger partial charge < -0.3 is 10.6 Å². The molecule has 0 atom stereocenters. The Labute approximate surface area is 115 Å².